The fourth-order valence-corrected chi connectivity index (χ4v) is 3.17. The zero-order valence-electron chi connectivity index (χ0n) is 17.0. The number of halogens is 1. The molecule has 0 saturated heterocycles. The maximum atomic E-state index is 12.7. The van der Waals surface area contributed by atoms with Crippen LogP contribution in [-0.2, 0) is 4.79 Å². The van der Waals surface area contributed by atoms with Gasteiger partial charge in [-0.15, -0.1) is 10.2 Å². The number of hydrogen-bond acceptors (Lipinski definition) is 5. The number of ether oxygens (including phenoxy) is 1. The van der Waals surface area contributed by atoms with E-state index in [0.717, 1.165) is 11.1 Å². The van der Waals surface area contributed by atoms with Crippen LogP contribution in [-0.4, -0.2) is 22.2 Å². The van der Waals surface area contributed by atoms with Gasteiger partial charge in [0.15, 0.2) is 6.10 Å². The van der Waals surface area contributed by atoms with Crippen LogP contribution in [0.25, 0.3) is 22.9 Å². The molecule has 0 bridgehead atoms. The van der Waals surface area contributed by atoms with Crippen molar-refractivity contribution in [3.63, 3.8) is 0 Å². The fraction of sp³-hybridized carbons (Fsp3) is 0.125. The van der Waals surface area contributed by atoms with Gasteiger partial charge in [0.2, 0.25) is 5.89 Å². The molecule has 156 valence electrons. The normalized spacial score (nSPS) is 11.7. The van der Waals surface area contributed by atoms with Gasteiger partial charge in [-0.2, -0.15) is 0 Å². The minimum absolute atomic E-state index is 0.296. The molecular formula is C24H20ClN3O3. The summed E-state index contributed by atoms with van der Waals surface area (Å²) in [5.74, 6) is 0.896. The lowest BCUT2D eigenvalue weighted by atomic mass is 10.2. The first-order valence-corrected chi connectivity index (χ1v) is 10.1. The van der Waals surface area contributed by atoms with Crippen molar-refractivity contribution in [2.24, 2.45) is 0 Å². The third kappa shape index (κ3) is 4.59. The Morgan fingerprint density at radius 2 is 1.68 bits per heavy atom. The number of para-hydroxylation sites is 1. The van der Waals surface area contributed by atoms with Gasteiger partial charge in [-0.1, -0.05) is 48.0 Å². The van der Waals surface area contributed by atoms with E-state index in [0.29, 0.717) is 33.8 Å². The summed E-state index contributed by atoms with van der Waals surface area (Å²) < 4.78 is 11.8. The van der Waals surface area contributed by atoms with E-state index in [4.69, 9.17) is 20.8 Å². The predicted octanol–water partition coefficient (Wildman–Crippen LogP) is 5.77. The number of carbonyl (C=O) groups excluding carboxylic acids is 1. The van der Waals surface area contributed by atoms with E-state index in [2.05, 4.69) is 15.5 Å². The average Bonchev–Trinajstić information content (AvgIpc) is 3.28. The molecule has 1 atom stereocenters. The molecule has 4 aromatic rings. The fourth-order valence-electron chi connectivity index (χ4n) is 3.00. The average molecular weight is 434 g/mol. The quantitative estimate of drug-likeness (QED) is 0.417. The summed E-state index contributed by atoms with van der Waals surface area (Å²) in [6, 6.07) is 22.1. The Morgan fingerprint density at radius 1 is 0.968 bits per heavy atom. The highest BCUT2D eigenvalue weighted by molar-refractivity contribution is 6.31. The van der Waals surface area contributed by atoms with Crippen molar-refractivity contribution in [2.45, 2.75) is 20.0 Å². The molecule has 0 aliphatic heterocycles. The number of nitrogens with zero attached hydrogens (tertiary/aromatic N) is 2. The van der Waals surface area contributed by atoms with Crippen LogP contribution in [0.4, 0.5) is 5.69 Å². The second-order valence-electron chi connectivity index (χ2n) is 6.94. The summed E-state index contributed by atoms with van der Waals surface area (Å²) in [5.41, 5.74) is 2.87. The Bertz CT molecular complexity index is 1210. The molecule has 0 aliphatic carbocycles. The molecule has 31 heavy (non-hydrogen) atoms. The van der Waals surface area contributed by atoms with Crippen molar-refractivity contribution in [2.75, 3.05) is 5.32 Å². The molecular weight excluding hydrogens is 414 g/mol. The van der Waals surface area contributed by atoms with Gasteiger partial charge < -0.3 is 14.5 Å². The lowest BCUT2D eigenvalue weighted by Crippen LogP contribution is -2.30. The molecule has 1 aromatic heterocycles. The number of hydrogen-bond donors (Lipinski definition) is 1. The molecule has 4 rings (SSSR count). The number of amides is 1. The van der Waals surface area contributed by atoms with E-state index in [1.165, 1.54) is 0 Å². The van der Waals surface area contributed by atoms with Crippen molar-refractivity contribution in [1.29, 1.82) is 0 Å². The molecule has 1 amide bonds. The van der Waals surface area contributed by atoms with Gasteiger partial charge in [0.25, 0.3) is 11.8 Å². The van der Waals surface area contributed by atoms with Crippen molar-refractivity contribution in [1.82, 2.24) is 10.2 Å². The third-order valence-electron chi connectivity index (χ3n) is 4.76. The first-order chi connectivity index (χ1) is 15.0. The summed E-state index contributed by atoms with van der Waals surface area (Å²) in [6.45, 7) is 3.52. The molecule has 0 aliphatic rings. The smallest absolute Gasteiger partial charge is 0.265 e. The van der Waals surface area contributed by atoms with Crippen LogP contribution >= 0.6 is 11.6 Å². The zero-order chi connectivity index (χ0) is 21.8. The number of anilines is 1. The summed E-state index contributed by atoms with van der Waals surface area (Å²) in [4.78, 5) is 12.7. The third-order valence-corrected chi connectivity index (χ3v) is 5.17. The first-order valence-electron chi connectivity index (χ1n) is 9.74. The van der Waals surface area contributed by atoms with Crippen LogP contribution in [0.5, 0.6) is 5.75 Å². The molecule has 0 saturated carbocycles. The Kier molecular flexibility index (Phi) is 6.00. The highest BCUT2D eigenvalue weighted by Crippen LogP contribution is 2.32. The minimum Gasteiger partial charge on any atom is -0.480 e. The Hall–Kier alpha value is -3.64. The number of rotatable bonds is 6. The van der Waals surface area contributed by atoms with E-state index in [-0.39, 0.29) is 5.91 Å². The Labute approximate surface area is 184 Å². The lowest BCUT2D eigenvalue weighted by molar-refractivity contribution is -0.122. The predicted molar refractivity (Wildman–Crippen MR) is 120 cm³/mol. The standard InChI is InChI=1S/C24H20ClN3O3/c1-15-19(25)12-8-13-20(15)26-22(29)16(2)30-21-14-7-6-11-18(21)24-28-27-23(31-24)17-9-4-3-5-10-17/h3-14,16H,1-2H3,(H,26,29)/t16-/m1/s1. The van der Waals surface area contributed by atoms with Crippen LogP contribution in [0.15, 0.2) is 77.2 Å². The van der Waals surface area contributed by atoms with E-state index >= 15 is 0 Å². The summed E-state index contributed by atoms with van der Waals surface area (Å²) in [5, 5.41) is 11.7. The molecule has 0 unspecified atom stereocenters. The minimum atomic E-state index is -0.768. The zero-order valence-corrected chi connectivity index (χ0v) is 17.8. The molecule has 3 aromatic carbocycles. The van der Waals surface area contributed by atoms with Gasteiger partial charge in [-0.25, -0.2) is 0 Å². The van der Waals surface area contributed by atoms with E-state index in [1.54, 1.807) is 31.2 Å². The topological polar surface area (TPSA) is 77.2 Å². The molecule has 7 heteroatoms. The molecule has 6 nitrogen and oxygen atoms in total. The van der Waals surface area contributed by atoms with Crippen LogP contribution < -0.4 is 10.1 Å². The molecule has 1 N–H and O–H groups in total. The SMILES string of the molecule is Cc1c(Cl)cccc1NC(=O)[C@@H](C)Oc1ccccc1-c1nnc(-c2ccccc2)o1. The highest BCUT2D eigenvalue weighted by Gasteiger charge is 2.20. The van der Waals surface area contributed by atoms with Crippen molar-refractivity contribution in [3.8, 4) is 28.7 Å². The van der Waals surface area contributed by atoms with Gasteiger partial charge in [0.05, 0.1) is 5.56 Å². The number of aromatic nitrogens is 2. The van der Waals surface area contributed by atoms with Crippen molar-refractivity contribution in [3.05, 3.63) is 83.4 Å². The first kappa shape index (κ1) is 20.6. The number of benzene rings is 3. The largest absolute Gasteiger partial charge is 0.480 e. The van der Waals surface area contributed by atoms with Gasteiger partial charge >= 0.3 is 0 Å². The summed E-state index contributed by atoms with van der Waals surface area (Å²) >= 11 is 6.14. The van der Waals surface area contributed by atoms with Crippen LogP contribution in [0.3, 0.4) is 0 Å². The van der Waals surface area contributed by atoms with Crippen molar-refractivity contribution >= 4 is 23.2 Å². The van der Waals surface area contributed by atoms with Crippen molar-refractivity contribution < 1.29 is 13.9 Å². The number of carbonyl (C=O) groups is 1. The highest BCUT2D eigenvalue weighted by atomic mass is 35.5. The van der Waals surface area contributed by atoms with Gasteiger partial charge in [0, 0.05) is 16.3 Å². The maximum Gasteiger partial charge on any atom is 0.265 e. The summed E-state index contributed by atoms with van der Waals surface area (Å²) in [7, 11) is 0. The molecule has 1 heterocycles. The Morgan fingerprint density at radius 3 is 2.48 bits per heavy atom. The van der Waals surface area contributed by atoms with Crippen LogP contribution in [0.1, 0.15) is 12.5 Å². The van der Waals surface area contributed by atoms with Crippen LogP contribution in [0, 0.1) is 6.92 Å². The molecule has 0 radical (unpaired) electrons. The van der Waals surface area contributed by atoms with Gasteiger partial charge in [-0.05, 0) is 55.8 Å². The second kappa shape index (κ2) is 9.02. The Balaban J connectivity index is 1.53. The van der Waals surface area contributed by atoms with Gasteiger partial charge in [0.1, 0.15) is 5.75 Å². The van der Waals surface area contributed by atoms with E-state index in [1.807, 2.05) is 55.5 Å². The maximum absolute atomic E-state index is 12.7. The van der Waals surface area contributed by atoms with Crippen LogP contribution in [0.2, 0.25) is 5.02 Å². The van der Waals surface area contributed by atoms with E-state index in [9.17, 15) is 4.79 Å². The molecule has 0 fully saturated rings. The molecule has 0 spiro atoms. The summed E-state index contributed by atoms with van der Waals surface area (Å²) in [6.07, 6.45) is -0.768. The number of nitrogens with one attached hydrogen (secondary N) is 1. The van der Waals surface area contributed by atoms with E-state index < -0.39 is 6.10 Å². The van der Waals surface area contributed by atoms with Gasteiger partial charge in [-0.3, -0.25) is 4.79 Å². The second-order valence-corrected chi connectivity index (χ2v) is 7.34. The monoisotopic (exact) mass is 433 g/mol. The lowest BCUT2D eigenvalue weighted by Gasteiger charge is -2.17.